The van der Waals surface area contributed by atoms with Crippen LogP contribution in [0.2, 0.25) is 0 Å². The van der Waals surface area contributed by atoms with Gasteiger partial charge in [-0.25, -0.2) is 8.78 Å². The minimum absolute atomic E-state index is 0.230. The van der Waals surface area contributed by atoms with Gasteiger partial charge in [0, 0.05) is 10.9 Å². The molecular formula is C8H9BrF2N2O. The molecule has 1 rings (SSSR count). The van der Waals surface area contributed by atoms with Crippen molar-refractivity contribution in [2.45, 2.75) is 11.8 Å². The second-order valence-electron chi connectivity index (χ2n) is 2.54. The predicted octanol–water partition coefficient (Wildman–Crippen LogP) is 2.50. The van der Waals surface area contributed by atoms with Crippen molar-refractivity contribution >= 4 is 21.6 Å². The first-order valence-electron chi connectivity index (χ1n) is 3.77. The zero-order valence-corrected chi connectivity index (χ0v) is 9.01. The first kappa shape index (κ1) is 11.2. The van der Waals surface area contributed by atoms with Gasteiger partial charge < -0.3 is 10.5 Å². The van der Waals surface area contributed by atoms with E-state index in [1.807, 2.05) is 0 Å². The van der Waals surface area contributed by atoms with Gasteiger partial charge in [-0.2, -0.15) is 0 Å². The number of hydrogen-bond acceptors (Lipinski definition) is 3. The Kier molecular flexibility index (Phi) is 3.62. The first-order valence-corrected chi connectivity index (χ1v) is 4.89. The van der Waals surface area contributed by atoms with Crippen LogP contribution in [0.4, 0.5) is 14.5 Å². The van der Waals surface area contributed by atoms with Crippen molar-refractivity contribution in [3.63, 3.8) is 0 Å². The molecule has 0 radical (unpaired) electrons. The van der Waals surface area contributed by atoms with E-state index in [1.54, 1.807) is 0 Å². The summed E-state index contributed by atoms with van der Waals surface area (Å²) in [6, 6.07) is 0. The van der Waals surface area contributed by atoms with E-state index in [1.165, 1.54) is 13.3 Å². The fourth-order valence-corrected chi connectivity index (χ4v) is 1.67. The molecule has 0 fully saturated rings. The molecule has 0 spiro atoms. The van der Waals surface area contributed by atoms with Crippen LogP contribution in [0, 0.1) is 0 Å². The van der Waals surface area contributed by atoms with Crippen LogP contribution in [0.5, 0.6) is 5.75 Å². The molecular weight excluding hydrogens is 258 g/mol. The second-order valence-corrected chi connectivity index (χ2v) is 3.11. The summed E-state index contributed by atoms with van der Waals surface area (Å²) in [5.41, 5.74) is 5.77. The number of pyridine rings is 1. The number of alkyl halides is 3. The van der Waals surface area contributed by atoms with E-state index in [0.717, 1.165) is 0 Å². The van der Waals surface area contributed by atoms with Crippen molar-refractivity contribution in [1.29, 1.82) is 0 Å². The van der Waals surface area contributed by atoms with Gasteiger partial charge in [0.05, 0.1) is 19.0 Å². The molecule has 0 aliphatic heterocycles. The van der Waals surface area contributed by atoms with Gasteiger partial charge in [0.25, 0.3) is 6.43 Å². The number of rotatable bonds is 3. The van der Waals surface area contributed by atoms with Crippen LogP contribution >= 0.6 is 15.9 Å². The van der Waals surface area contributed by atoms with Crippen LogP contribution in [0.15, 0.2) is 6.20 Å². The fraction of sp³-hybridized carbons (Fsp3) is 0.375. The standard InChI is InChI=1S/C8H9BrF2N2O/c1-14-7-4(2-9)6(8(10)11)13-3-5(7)12/h3,8H,2,12H2,1H3. The molecule has 1 heterocycles. The molecule has 1 aromatic heterocycles. The Labute approximate surface area is 88.4 Å². The minimum atomic E-state index is -2.63. The van der Waals surface area contributed by atoms with Crippen LogP contribution in [-0.2, 0) is 5.33 Å². The monoisotopic (exact) mass is 266 g/mol. The molecule has 0 saturated carbocycles. The average molecular weight is 267 g/mol. The van der Waals surface area contributed by atoms with E-state index in [9.17, 15) is 8.78 Å². The molecule has 78 valence electrons. The lowest BCUT2D eigenvalue weighted by Crippen LogP contribution is -2.03. The van der Waals surface area contributed by atoms with Crippen LogP contribution < -0.4 is 10.5 Å². The van der Waals surface area contributed by atoms with Gasteiger partial charge in [-0.1, -0.05) is 15.9 Å². The van der Waals surface area contributed by atoms with Gasteiger partial charge >= 0.3 is 0 Å². The number of aromatic nitrogens is 1. The highest BCUT2D eigenvalue weighted by Gasteiger charge is 2.19. The van der Waals surface area contributed by atoms with E-state index in [-0.39, 0.29) is 22.5 Å². The summed E-state index contributed by atoms with van der Waals surface area (Å²) < 4.78 is 29.9. The molecule has 0 unspecified atom stereocenters. The molecule has 3 nitrogen and oxygen atoms in total. The zero-order valence-electron chi connectivity index (χ0n) is 7.43. The van der Waals surface area contributed by atoms with E-state index in [0.29, 0.717) is 5.56 Å². The maximum atomic E-state index is 12.5. The highest BCUT2D eigenvalue weighted by molar-refractivity contribution is 9.08. The Hall–Kier alpha value is -0.910. The molecule has 0 aliphatic rings. The summed E-state index contributed by atoms with van der Waals surface area (Å²) in [5, 5.41) is 0.230. The van der Waals surface area contributed by atoms with E-state index in [4.69, 9.17) is 10.5 Å². The van der Waals surface area contributed by atoms with Gasteiger partial charge in [0.2, 0.25) is 0 Å². The number of methoxy groups -OCH3 is 1. The van der Waals surface area contributed by atoms with Crippen LogP contribution in [0.3, 0.4) is 0 Å². The summed E-state index contributed by atoms with van der Waals surface area (Å²) >= 11 is 3.09. The van der Waals surface area contributed by atoms with Gasteiger partial charge in [0.15, 0.2) is 0 Å². The molecule has 0 saturated heterocycles. The number of ether oxygens (including phenoxy) is 1. The SMILES string of the molecule is COc1c(N)cnc(C(F)F)c1CBr. The summed E-state index contributed by atoms with van der Waals surface area (Å²) in [4.78, 5) is 3.57. The summed E-state index contributed by atoms with van der Waals surface area (Å²) in [6.45, 7) is 0. The number of halogens is 3. The Morgan fingerprint density at radius 3 is 2.71 bits per heavy atom. The van der Waals surface area contributed by atoms with Gasteiger partial charge in [-0.15, -0.1) is 0 Å². The van der Waals surface area contributed by atoms with Crippen molar-refractivity contribution in [2.24, 2.45) is 0 Å². The third-order valence-electron chi connectivity index (χ3n) is 1.73. The molecule has 2 N–H and O–H groups in total. The summed E-state index contributed by atoms with van der Waals surface area (Å²) in [6.07, 6.45) is -1.45. The zero-order chi connectivity index (χ0) is 10.7. The number of nitrogens with zero attached hydrogens (tertiary/aromatic N) is 1. The van der Waals surface area contributed by atoms with Crippen molar-refractivity contribution in [2.75, 3.05) is 12.8 Å². The predicted molar refractivity (Wildman–Crippen MR) is 52.8 cm³/mol. The molecule has 6 heteroatoms. The lowest BCUT2D eigenvalue weighted by atomic mass is 10.2. The van der Waals surface area contributed by atoms with Gasteiger partial charge in [-0.05, 0) is 0 Å². The Morgan fingerprint density at radius 2 is 2.29 bits per heavy atom. The molecule has 0 aliphatic carbocycles. The third kappa shape index (κ3) is 1.95. The van der Waals surface area contributed by atoms with Crippen LogP contribution in [0.1, 0.15) is 17.7 Å². The van der Waals surface area contributed by atoms with Crippen molar-refractivity contribution in [3.8, 4) is 5.75 Å². The smallest absolute Gasteiger partial charge is 0.280 e. The van der Waals surface area contributed by atoms with Gasteiger partial charge in [0.1, 0.15) is 11.4 Å². The maximum Gasteiger partial charge on any atom is 0.280 e. The molecule has 0 atom stereocenters. The quantitative estimate of drug-likeness (QED) is 0.856. The van der Waals surface area contributed by atoms with Crippen molar-refractivity contribution in [3.05, 3.63) is 17.5 Å². The average Bonchev–Trinajstić information content (AvgIpc) is 2.16. The maximum absolute atomic E-state index is 12.5. The summed E-state index contributed by atoms with van der Waals surface area (Å²) in [7, 11) is 1.38. The number of hydrogen-bond donors (Lipinski definition) is 1. The molecule has 14 heavy (non-hydrogen) atoms. The van der Waals surface area contributed by atoms with Crippen LogP contribution in [-0.4, -0.2) is 12.1 Å². The largest absolute Gasteiger partial charge is 0.494 e. The minimum Gasteiger partial charge on any atom is -0.494 e. The lowest BCUT2D eigenvalue weighted by molar-refractivity contribution is 0.144. The lowest BCUT2D eigenvalue weighted by Gasteiger charge is -2.12. The fourth-order valence-electron chi connectivity index (χ4n) is 1.12. The number of anilines is 1. The highest BCUT2D eigenvalue weighted by atomic mass is 79.9. The van der Waals surface area contributed by atoms with Crippen molar-refractivity contribution in [1.82, 2.24) is 4.98 Å². The topological polar surface area (TPSA) is 48.1 Å². The third-order valence-corrected chi connectivity index (χ3v) is 2.29. The van der Waals surface area contributed by atoms with E-state index in [2.05, 4.69) is 20.9 Å². The van der Waals surface area contributed by atoms with Crippen LogP contribution in [0.25, 0.3) is 0 Å². The Bertz CT molecular complexity index is 333. The van der Waals surface area contributed by atoms with E-state index >= 15 is 0 Å². The van der Waals surface area contributed by atoms with E-state index < -0.39 is 6.43 Å². The normalized spacial score (nSPS) is 10.6. The number of nitrogen functional groups attached to an aromatic ring is 1. The number of nitrogens with two attached hydrogens (primary N) is 1. The molecule has 0 bridgehead atoms. The molecule has 0 aromatic carbocycles. The Balaban J connectivity index is 3.33. The first-order chi connectivity index (χ1) is 6.61. The molecule has 0 amide bonds. The molecule has 1 aromatic rings. The summed E-state index contributed by atoms with van der Waals surface area (Å²) in [5.74, 6) is 0.257. The van der Waals surface area contributed by atoms with Gasteiger partial charge in [-0.3, -0.25) is 4.98 Å². The Morgan fingerprint density at radius 1 is 1.64 bits per heavy atom. The second kappa shape index (κ2) is 4.54. The van der Waals surface area contributed by atoms with Crippen molar-refractivity contribution < 1.29 is 13.5 Å². The highest BCUT2D eigenvalue weighted by Crippen LogP contribution is 2.33.